The van der Waals surface area contributed by atoms with Crippen molar-refractivity contribution in [2.24, 2.45) is 11.8 Å². The summed E-state index contributed by atoms with van der Waals surface area (Å²) in [6.45, 7) is 7.92. The minimum Gasteiger partial charge on any atom is -0.345 e. The number of hydrogen-bond acceptors (Lipinski definition) is 2. The molecule has 4 heteroatoms. The van der Waals surface area contributed by atoms with Crippen LogP contribution in [0.2, 0.25) is 0 Å². The fraction of sp³-hybridized carbons (Fsp3) is 0.833. The van der Waals surface area contributed by atoms with Crippen LogP contribution < -0.4 is 5.32 Å². The van der Waals surface area contributed by atoms with E-state index in [0.717, 1.165) is 12.8 Å². The SMILES string of the molecule is CCC(CC)C(=O)NC(CC(C)C)C(=O)Cl. The maximum atomic E-state index is 11.8. The van der Waals surface area contributed by atoms with E-state index in [0.29, 0.717) is 12.3 Å². The molecule has 0 aliphatic carbocycles. The normalized spacial score (nSPS) is 12.9. The van der Waals surface area contributed by atoms with Crippen LogP contribution in [0.15, 0.2) is 0 Å². The summed E-state index contributed by atoms with van der Waals surface area (Å²) in [5, 5.41) is 2.25. The van der Waals surface area contributed by atoms with Gasteiger partial charge in [0.25, 0.3) is 0 Å². The summed E-state index contributed by atoms with van der Waals surface area (Å²) in [5.41, 5.74) is 0. The van der Waals surface area contributed by atoms with Crippen molar-refractivity contribution in [3.63, 3.8) is 0 Å². The summed E-state index contributed by atoms with van der Waals surface area (Å²) < 4.78 is 0. The summed E-state index contributed by atoms with van der Waals surface area (Å²) in [4.78, 5) is 22.9. The number of nitrogens with one attached hydrogen (secondary N) is 1. The lowest BCUT2D eigenvalue weighted by Gasteiger charge is -2.20. The van der Waals surface area contributed by atoms with E-state index in [1.807, 2.05) is 27.7 Å². The van der Waals surface area contributed by atoms with Crippen molar-refractivity contribution in [2.45, 2.75) is 53.0 Å². The molecule has 0 heterocycles. The zero-order chi connectivity index (χ0) is 12.7. The Morgan fingerprint density at radius 1 is 1.19 bits per heavy atom. The predicted molar refractivity (Wildman–Crippen MR) is 66.3 cm³/mol. The summed E-state index contributed by atoms with van der Waals surface area (Å²) in [6.07, 6.45) is 2.16. The molecule has 16 heavy (non-hydrogen) atoms. The van der Waals surface area contributed by atoms with Crippen LogP contribution in [0.4, 0.5) is 0 Å². The van der Waals surface area contributed by atoms with Gasteiger partial charge in [-0.05, 0) is 36.8 Å². The molecule has 0 bridgehead atoms. The molecule has 1 unspecified atom stereocenters. The van der Waals surface area contributed by atoms with Gasteiger partial charge in [-0.1, -0.05) is 27.7 Å². The van der Waals surface area contributed by atoms with Crippen molar-refractivity contribution < 1.29 is 9.59 Å². The third-order valence-electron chi connectivity index (χ3n) is 2.65. The van der Waals surface area contributed by atoms with E-state index in [1.165, 1.54) is 0 Å². The minimum absolute atomic E-state index is 0.0225. The van der Waals surface area contributed by atoms with Gasteiger partial charge in [0, 0.05) is 5.92 Å². The Morgan fingerprint density at radius 2 is 1.69 bits per heavy atom. The highest BCUT2D eigenvalue weighted by atomic mass is 35.5. The average Bonchev–Trinajstić information content (AvgIpc) is 2.17. The predicted octanol–water partition coefficient (Wildman–Crippen LogP) is 2.72. The highest BCUT2D eigenvalue weighted by Crippen LogP contribution is 2.11. The van der Waals surface area contributed by atoms with Gasteiger partial charge < -0.3 is 5.32 Å². The van der Waals surface area contributed by atoms with Gasteiger partial charge in [-0.3, -0.25) is 9.59 Å². The van der Waals surface area contributed by atoms with Crippen molar-refractivity contribution in [2.75, 3.05) is 0 Å². The first-order valence-corrected chi connectivity index (χ1v) is 6.29. The number of carbonyl (C=O) groups is 2. The second kappa shape index (κ2) is 7.66. The lowest BCUT2D eigenvalue weighted by atomic mass is 10.00. The smallest absolute Gasteiger partial charge is 0.244 e. The first-order chi connectivity index (χ1) is 7.42. The zero-order valence-corrected chi connectivity index (χ0v) is 11.3. The summed E-state index contributed by atoms with van der Waals surface area (Å²) in [6, 6.07) is -0.547. The molecule has 0 rings (SSSR count). The second-order valence-electron chi connectivity index (χ2n) is 4.51. The van der Waals surface area contributed by atoms with E-state index in [-0.39, 0.29) is 11.8 Å². The van der Waals surface area contributed by atoms with Gasteiger partial charge in [-0.15, -0.1) is 0 Å². The molecule has 1 N–H and O–H groups in total. The van der Waals surface area contributed by atoms with E-state index in [4.69, 9.17) is 11.6 Å². The van der Waals surface area contributed by atoms with Gasteiger partial charge in [0.2, 0.25) is 11.1 Å². The van der Waals surface area contributed by atoms with Gasteiger partial charge >= 0.3 is 0 Å². The number of carbonyl (C=O) groups excluding carboxylic acids is 2. The Labute approximate surface area is 103 Å². The fourth-order valence-electron chi connectivity index (χ4n) is 1.63. The fourth-order valence-corrected chi connectivity index (χ4v) is 1.77. The molecular formula is C12H22ClNO2. The summed E-state index contributed by atoms with van der Waals surface area (Å²) >= 11 is 5.47. The van der Waals surface area contributed by atoms with Crippen LogP contribution in [0.1, 0.15) is 47.0 Å². The largest absolute Gasteiger partial charge is 0.345 e. The molecule has 0 aromatic carbocycles. The molecule has 1 amide bonds. The molecule has 0 spiro atoms. The van der Waals surface area contributed by atoms with Gasteiger partial charge in [-0.2, -0.15) is 0 Å². The van der Waals surface area contributed by atoms with E-state index in [2.05, 4.69) is 5.32 Å². The Kier molecular flexibility index (Phi) is 7.39. The van der Waals surface area contributed by atoms with Gasteiger partial charge in [0.05, 0.1) is 0 Å². The van der Waals surface area contributed by atoms with Crippen LogP contribution in [-0.4, -0.2) is 17.2 Å². The molecule has 0 saturated carbocycles. The average molecular weight is 248 g/mol. The van der Waals surface area contributed by atoms with E-state index in [9.17, 15) is 9.59 Å². The molecule has 0 aromatic rings. The molecule has 0 aliphatic rings. The van der Waals surface area contributed by atoms with Crippen LogP contribution in [-0.2, 0) is 9.59 Å². The molecule has 0 saturated heterocycles. The van der Waals surface area contributed by atoms with Crippen LogP contribution in [0.5, 0.6) is 0 Å². The molecule has 0 fully saturated rings. The van der Waals surface area contributed by atoms with Gasteiger partial charge in [0.1, 0.15) is 6.04 Å². The van der Waals surface area contributed by atoms with Gasteiger partial charge in [0.15, 0.2) is 0 Å². The van der Waals surface area contributed by atoms with Crippen molar-refractivity contribution in [3.05, 3.63) is 0 Å². The van der Waals surface area contributed by atoms with Crippen molar-refractivity contribution in [1.82, 2.24) is 5.32 Å². The van der Waals surface area contributed by atoms with E-state index < -0.39 is 11.3 Å². The quantitative estimate of drug-likeness (QED) is 0.703. The Morgan fingerprint density at radius 3 is 2.00 bits per heavy atom. The Hall–Kier alpha value is -0.570. The van der Waals surface area contributed by atoms with Crippen molar-refractivity contribution >= 4 is 22.8 Å². The Balaban J connectivity index is 4.39. The first-order valence-electron chi connectivity index (χ1n) is 5.92. The zero-order valence-electron chi connectivity index (χ0n) is 10.5. The van der Waals surface area contributed by atoms with Crippen LogP contribution in [0, 0.1) is 11.8 Å². The van der Waals surface area contributed by atoms with Gasteiger partial charge in [-0.25, -0.2) is 0 Å². The third-order valence-corrected chi connectivity index (χ3v) is 2.92. The lowest BCUT2D eigenvalue weighted by molar-refractivity contribution is -0.128. The maximum absolute atomic E-state index is 11.8. The molecular weight excluding hydrogens is 226 g/mol. The number of amides is 1. The summed E-state index contributed by atoms with van der Waals surface area (Å²) in [7, 11) is 0. The van der Waals surface area contributed by atoms with Crippen LogP contribution in [0.25, 0.3) is 0 Å². The molecule has 3 nitrogen and oxygen atoms in total. The second-order valence-corrected chi connectivity index (χ2v) is 4.88. The Bertz CT molecular complexity index is 237. The van der Waals surface area contributed by atoms with Crippen molar-refractivity contribution in [3.8, 4) is 0 Å². The molecule has 0 aromatic heterocycles. The molecule has 94 valence electrons. The maximum Gasteiger partial charge on any atom is 0.244 e. The first kappa shape index (κ1) is 15.4. The number of hydrogen-bond donors (Lipinski definition) is 1. The topological polar surface area (TPSA) is 46.2 Å². The van der Waals surface area contributed by atoms with Crippen LogP contribution in [0.3, 0.4) is 0 Å². The molecule has 0 radical (unpaired) electrons. The van der Waals surface area contributed by atoms with Crippen molar-refractivity contribution in [1.29, 1.82) is 0 Å². The number of rotatable bonds is 7. The van der Waals surface area contributed by atoms with E-state index >= 15 is 0 Å². The molecule has 1 atom stereocenters. The minimum atomic E-state index is -0.547. The molecule has 0 aliphatic heterocycles. The standard InChI is InChI=1S/C12H22ClNO2/c1-5-9(6-2)12(16)14-10(11(13)15)7-8(3)4/h8-10H,5-7H2,1-4H3,(H,14,16). The monoisotopic (exact) mass is 247 g/mol. The highest BCUT2D eigenvalue weighted by Gasteiger charge is 2.23. The lowest BCUT2D eigenvalue weighted by Crippen LogP contribution is -2.42. The highest BCUT2D eigenvalue weighted by molar-refractivity contribution is 6.64. The number of halogens is 1. The van der Waals surface area contributed by atoms with Crippen LogP contribution >= 0.6 is 11.6 Å². The third kappa shape index (κ3) is 5.50. The van der Waals surface area contributed by atoms with E-state index in [1.54, 1.807) is 0 Å². The summed E-state index contributed by atoms with van der Waals surface area (Å²) in [5.74, 6) is 0.241.